The number of cyclic esters (lactones) is 1. The number of ether oxygens (including phenoxy) is 1. The van der Waals surface area contributed by atoms with Crippen molar-refractivity contribution < 1.29 is 17.9 Å². The van der Waals surface area contributed by atoms with Crippen molar-refractivity contribution in [3.8, 4) is 0 Å². The van der Waals surface area contributed by atoms with E-state index in [0.717, 1.165) is 17.6 Å². The van der Waals surface area contributed by atoms with E-state index in [1.54, 1.807) is 19.1 Å². The molecule has 2 fully saturated rings. The lowest BCUT2D eigenvalue weighted by atomic mass is 9.75. The van der Waals surface area contributed by atoms with Gasteiger partial charge in [0, 0.05) is 21.7 Å². The van der Waals surface area contributed by atoms with E-state index in [1.165, 1.54) is 12.1 Å². The number of sulfonamides is 1. The van der Waals surface area contributed by atoms with Crippen molar-refractivity contribution in [2.24, 2.45) is 11.3 Å². The number of anilines is 1. The van der Waals surface area contributed by atoms with Crippen molar-refractivity contribution in [3.05, 3.63) is 69.7 Å². The molecule has 0 amide bonds. The van der Waals surface area contributed by atoms with E-state index in [4.69, 9.17) is 27.9 Å². The zero-order valence-electron chi connectivity index (χ0n) is 16.4. The van der Waals surface area contributed by atoms with Gasteiger partial charge in [-0.3, -0.25) is 9.52 Å². The summed E-state index contributed by atoms with van der Waals surface area (Å²) in [4.78, 5) is 12.4. The number of hydrogen-bond donors (Lipinski definition) is 1. The Balaban J connectivity index is 1.53. The van der Waals surface area contributed by atoms with Gasteiger partial charge >= 0.3 is 5.97 Å². The summed E-state index contributed by atoms with van der Waals surface area (Å²) >= 11 is 12.2. The highest BCUT2D eigenvalue weighted by Crippen LogP contribution is 2.52. The Labute approximate surface area is 186 Å². The van der Waals surface area contributed by atoms with Crippen LogP contribution in [0.5, 0.6) is 0 Å². The van der Waals surface area contributed by atoms with Crippen molar-refractivity contribution in [1.82, 2.24) is 0 Å². The van der Waals surface area contributed by atoms with Crippen molar-refractivity contribution in [2.75, 3.05) is 11.3 Å². The van der Waals surface area contributed by atoms with Crippen molar-refractivity contribution in [3.63, 3.8) is 0 Å². The van der Waals surface area contributed by atoms with Gasteiger partial charge in [-0.25, -0.2) is 8.42 Å². The molecule has 0 bridgehead atoms. The summed E-state index contributed by atoms with van der Waals surface area (Å²) in [5.74, 6) is -0.00392. The smallest absolute Gasteiger partial charge is 0.313 e. The van der Waals surface area contributed by atoms with Gasteiger partial charge in [0.25, 0.3) is 10.0 Å². The predicted molar refractivity (Wildman–Crippen MR) is 117 cm³/mol. The summed E-state index contributed by atoms with van der Waals surface area (Å²) in [5.41, 5.74) is 2.51. The van der Waals surface area contributed by atoms with Gasteiger partial charge in [0.1, 0.15) is 0 Å². The average Bonchev–Trinajstić information content (AvgIpc) is 3.15. The van der Waals surface area contributed by atoms with Gasteiger partial charge in [0.05, 0.1) is 16.9 Å². The lowest BCUT2D eigenvalue weighted by Gasteiger charge is -2.24. The summed E-state index contributed by atoms with van der Waals surface area (Å²) in [6, 6.07) is 9.76. The summed E-state index contributed by atoms with van der Waals surface area (Å²) in [6.45, 7) is 6.22. The van der Waals surface area contributed by atoms with Gasteiger partial charge in [0.15, 0.2) is 0 Å². The van der Waals surface area contributed by atoms with Crippen LogP contribution in [0.4, 0.5) is 5.69 Å². The molecular formula is C22H21Cl2NO4S. The standard InChI is InChI=1S/C22H21Cl2NO4S/c1-13-7-16-12-29-21(26)22(16,10-13)11-15-3-5-17(6-4-15)25-30(27,28)18-8-19(23)14(2)20(24)9-18/h3-6,8-9,16,25H,1,7,10-12H2,2H3. The van der Waals surface area contributed by atoms with Crippen LogP contribution in [-0.2, 0) is 26.0 Å². The van der Waals surface area contributed by atoms with Gasteiger partial charge in [-0.05, 0) is 61.6 Å². The largest absolute Gasteiger partial charge is 0.465 e. The van der Waals surface area contributed by atoms with E-state index in [-0.39, 0.29) is 26.8 Å². The summed E-state index contributed by atoms with van der Waals surface area (Å²) in [6.07, 6.45) is 2.00. The Morgan fingerprint density at radius 3 is 2.47 bits per heavy atom. The van der Waals surface area contributed by atoms with E-state index in [2.05, 4.69) is 11.3 Å². The first-order chi connectivity index (χ1) is 14.1. The first kappa shape index (κ1) is 21.2. The fourth-order valence-electron chi connectivity index (χ4n) is 4.31. The molecule has 8 heteroatoms. The average molecular weight is 466 g/mol. The molecule has 0 radical (unpaired) electrons. The fraction of sp³-hybridized carbons (Fsp3) is 0.318. The first-order valence-corrected chi connectivity index (χ1v) is 11.8. The minimum Gasteiger partial charge on any atom is -0.465 e. The Morgan fingerprint density at radius 1 is 1.20 bits per heavy atom. The highest BCUT2D eigenvalue weighted by molar-refractivity contribution is 7.92. The second kappa shape index (κ2) is 7.59. The van der Waals surface area contributed by atoms with Crippen LogP contribution in [0.25, 0.3) is 0 Å². The maximum Gasteiger partial charge on any atom is 0.313 e. The molecule has 1 saturated heterocycles. The second-order valence-electron chi connectivity index (χ2n) is 8.07. The molecule has 0 aromatic heterocycles. The lowest BCUT2D eigenvalue weighted by molar-refractivity contribution is -0.146. The Bertz CT molecular complexity index is 1120. The van der Waals surface area contributed by atoms with Crippen LogP contribution in [-0.4, -0.2) is 21.0 Å². The van der Waals surface area contributed by atoms with Gasteiger partial charge in [-0.1, -0.05) is 47.5 Å². The third-order valence-corrected chi connectivity index (χ3v) is 8.14. The maximum atomic E-state index is 12.7. The number of rotatable bonds is 5. The highest BCUT2D eigenvalue weighted by Gasteiger charge is 2.55. The molecule has 5 nitrogen and oxygen atoms in total. The molecule has 158 valence electrons. The molecule has 1 aliphatic heterocycles. The molecule has 2 aliphatic rings. The highest BCUT2D eigenvalue weighted by atomic mass is 35.5. The number of allylic oxidation sites excluding steroid dienone is 1. The molecular weight excluding hydrogens is 445 g/mol. The van der Waals surface area contributed by atoms with E-state index < -0.39 is 15.4 Å². The molecule has 1 heterocycles. The van der Waals surface area contributed by atoms with E-state index in [9.17, 15) is 13.2 Å². The number of nitrogens with one attached hydrogen (secondary N) is 1. The SMILES string of the molecule is C=C1CC2COC(=O)C2(Cc2ccc(NS(=O)(=O)c3cc(Cl)c(C)c(Cl)c3)cc2)C1. The van der Waals surface area contributed by atoms with Crippen LogP contribution in [0, 0.1) is 18.3 Å². The molecule has 1 saturated carbocycles. The van der Waals surface area contributed by atoms with Crippen LogP contribution in [0.3, 0.4) is 0 Å². The molecule has 0 spiro atoms. The quantitative estimate of drug-likeness (QED) is 0.489. The summed E-state index contributed by atoms with van der Waals surface area (Å²) in [7, 11) is -3.85. The molecule has 2 aromatic carbocycles. The summed E-state index contributed by atoms with van der Waals surface area (Å²) in [5, 5.41) is 0.572. The van der Waals surface area contributed by atoms with E-state index in [0.29, 0.717) is 30.7 Å². The molecule has 4 rings (SSSR count). The number of benzene rings is 2. The fourth-order valence-corrected chi connectivity index (χ4v) is 6.04. The normalized spacial score (nSPS) is 23.4. The zero-order valence-corrected chi connectivity index (χ0v) is 18.7. The number of fused-ring (bicyclic) bond motifs is 1. The number of hydrogen-bond acceptors (Lipinski definition) is 4. The lowest BCUT2D eigenvalue weighted by Crippen LogP contribution is -2.31. The second-order valence-corrected chi connectivity index (χ2v) is 10.6. The van der Waals surface area contributed by atoms with Gasteiger partial charge in [-0.15, -0.1) is 0 Å². The van der Waals surface area contributed by atoms with Crippen LogP contribution >= 0.6 is 23.2 Å². The van der Waals surface area contributed by atoms with Crippen molar-refractivity contribution in [1.29, 1.82) is 0 Å². The summed E-state index contributed by atoms with van der Waals surface area (Å²) < 4.78 is 33.3. The molecule has 1 N–H and O–H groups in total. The van der Waals surface area contributed by atoms with E-state index in [1.807, 2.05) is 12.1 Å². The third kappa shape index (κ3) is 3.72. The monoisotopic (exact) mass is 465 g/mol. The number of esters is 1. The van der Waals surface area contributed by atoms with Crippen LogP contribution in [0.15, 0.2) is 53.4 Å². The molecule has 1 aliphatic carbocycles. The van der Waals surface area contributed by atoms with E-state index >= 15 is 0 Å². The van der Waals surface area contributed by atoms with Crippen LogP contribution in [0.2, 0.25) is 10.0 Å². The number of carbonyl (C=O) groups excluding carboxylic acids is 1. The molecule has 30 heavy (non-hydrogen) atoms. The Kier molecular flexibility index (Phi) is 5.37. The topological polar surface area (TPSA) is 72.5 Å². The number of halogens is 2. The number of carbonyl (C=O) groups is 1. The minimum absolute atomic E-state index is 0.00734. The minimum atomic E-state index is -3.85. The maximum absolute atomic E-state index is 12.7. The van der Waals surface area contributed by atoms with Crippen LogP contribution < -0.4 is 4.72 Å². The van der Waals surface area contributed by atoms with Gasteiger partial charge in [-0.2, -0.15) is 0 Å². The van der Waals surface area contributed by atoms with Crippen LogP contribution in [0.1, 0.15) is 24.0 Å². The molecule has 2 aromatic rings. The predicted octanol–water partition coefficient (Wildman–Crippen LogP) is 5.15. The van der Waals surface area contributed by atoms with Gasteiger partial charge in [0.2, 0.25) is 0 Å². The Morgan fingerprint density at radius 2 is 1.83 bits per heavy atom. The van der Waals surface area contributed by atoms with Gasteiger partial charge < -0.3 is 4.74 Å². The first-order valence-electron chi connectivity index (χ1n) is 9.52. The zero-order chi connectivity index (χ0) is 21.7. The molecule has 2 unspecified atom stereocenters. The molecule has 2 atom stereocenters. The van der Waals surface area contributed by atoms with Crippen molar-refractivity contribution in [2.45, 2.75) is 31.1 Å². The third-order valence-electron chi connectivity index (χ3n) is 5.99. The van der Waals surface area contributed by atoms with Crippen molar-refractivity contribution >= 4 is 44.9 Å². The Hall–Kier alpha value is -2.02.